The minimum atomic E-state index is -0.109. The summed E-state index contributed by atoms with van der Waals surface area (Å²) in [6.07, 6.45) is 0. The lowest BCUT2D eigenvalue weighted by molar-refractivity contribution is 0.104. The molecule has 0 saturated heterocycles. The van der Waals surface area contributed by atoms with Gasteiger partial charge in [-0.3, -0.25) is 4.79 Å². The van der Waals surface area contributed by atoms with Crippen molar-refractivity contribution >= 4 is 49.7 Å². The predicted octanol–water partition coefficient (Wildman–Crippen LogP) is 4.77. The van der Waals surface area contributed by atoms with Crippen LogP contribution in [0, 0.1) is 6.92 Å². The number of carbonyl (C=O) groups excluding carboxylic acids is 1. The second-order valence-electron chi connectivity index (χ2n) is 5.06. The average molecular weight is 388 g/mol. The van der Waals surface area contributed by atoms with E-state index in [9.17, 15) is 4.79 Å². The van der Waals surface area contributed by atoms with E-state index in [1.54, 1.807) is 12.1 Å². The van der Waals surface area contributed by atoms with Crippen LogP contribution in [0.15, 0.2) is 53.0 Å². The van der Waals surface area contributed by atoms with Crippen molar-refractivity contribution in [2.75, 3.05) is 11.1 Å². The van der Waals surface area contributed by atoms with Crippen LogP contribution < -0.4 is 11.1 Å². The third kappa shape index (κ3) is 3.60. The summed E-state index contributed by atoms with van der Waals surface area (Å²) >= 11 is 4.67. The molecule has 4 nitrogen and oxygen atoms in total. The highest BCUT2D eigenvalue weighted by Gasteiger charge is 2.18. The highest BCUT2D eigenvalue weighted by atomic mass is 79.9. The highest BCUT2D eigenvalue weighted by Crippen LogP contribution is 2.30. The van der Waals surface area contributed by atoms with Crippen molar-refractivity contribution < 1.29 is 4.79 Å². The molecule has 0 fully saturated rings. The molecule has 1 heterocycles. The summed E-state index contributed by atoms with van der Waals surface area (Å²) in [5.74, 6) is 0.139. The van der Waals surface area contributed by atoms with Gasteiger partial charge in [0, 0.05) is 15.7 Å². The van der Waals surface area contributed by atoms with E-state index in [1.807, 2.05) is 43.3 Å². The third-order valence-corrected chi connectivity index (χ3v) is 4.73. The largest absolute Gasteiger partial charge is 0.382 e. The van der Waals surface area contributed by atoms with Crippen LogP contribution in [0.5, 0.6) is 0 Å². The Balaban J connectivity index is 1.86. The number of aromatic nitrogens is 1. The van der Waals surface area contributed by atoms with Gasteiger partial charge in [0.25, 0.3) is 0 Å². The molecular weight excluding hydrogens is 374 g/mol. The Morgan fingerprint density at radius 2 is 1.96 bits per heavy atom. The summed E-state index contributed by atoms with van der Waals surface area (Å²) in [5, 5.41) is 3.76. The van der Waals surface area contributed by atoms with Crippen molar-refractivity contribution in [2.24, 2.45) is 0 Å². The molecular formula is C17H14BrN3OS. The third-order valence-electron chi connectivity index (χ3n) is 3.25. The molecule has 23 heavy (non-hydrogen) atoms. The Bertz CT molecular complexity index is 859. The topological polar surface area (TPSA) is 68.0 Å². The zero-order valence-corrected chi connectivity index (χ0v) is 14.7. The molecule has 0 bridgehead atoms. The van der Waals surface area contributed by atoms with E-state index >= 15 is 0 Å². The van der Waals surface area contributed by atoms with Crippen LogP contribution in [0.3, 0.4) is 0 Å². The minimum absolute atomic E-state index is 0.109. The first kappa shape index (κ1) is 15.7. The quantitative estimate of drug-likeness (QED) is 0.632. The Kier molecular flexibility index (Phi) is 4.45. The van der Waals surface area contributed by atoms with Crippen LogP contribution in [-0.2, 0) is 0 Å². The van der Waals surface area contributed by atoms with Crippen molar-refractivity contribution in [1.82, 2.24) is 4.98 Å². The van der Waals surface area contributed by atoms with E-state index in [2.05, 4.69) is 26.2 Å². The van der Waals surface area contributed by atoms with Crippen molar-refractivity contribution in [3.05, 3.63) is 69.0 Å². The van der Waals surface area contributed by atoms with Crippen molar-refractivity contribution in [3.63, 3.8) is 0 Å². The van der Waals surface area contributed by atoms with Gasteiger partial charge in [0.15, 0.2) is 5.13 Å². The molecule has 0 radical (unpaired) electrons. The van der Waals surface area contributed by atoms with E-state index in [0.717, 1.165) is 15.7 Å². The second-order valence-corrected chi connectivity index (χ2v) is 6.98. The van der Waals surface area contributed by atoms with E-state index < -0.39 is 0 Å². The molecule has 0 unspecified atom stereocenters. The first-order valence-electron chi connectivity index (χ1n) is 6.93. The standard InChI is InChI=1S/C17H14BrN3OS/c1-10-5-7-11(8-6-10)14(22)15-16(19)21-17(23-15)20-13-4-2-3-12(18)9-13/h2-9H,19H2,1H3,(H,20,21). The number of carbonyl (C=O) groups is 1. The molecule has 0 spiro atoms. The van der Waals surface area contributed by atoms with E-state index in [4.69, 9.17) is 5.73 Å². The number of aryl methyl sites for hydroxylation is 1. The van der Waals surface area contributed by atoms with Crippen molar-refractivity contribution in [2.45, 2.75) is 6.92 Å². The number of halogens is 1. The van der Waals surface area contributed by atoms with Gasteiger partial charge in [0.2, 0.25) is 5.78 Å². The summed E-state index contributed by atoms with van der Waals surface area (Å²) in [6.45, 7) is 1.98. The molecule has 0 aliphatic rings. The zero-order valence-electron chi connectivity index (χ0n) is 12.3. The number of ketones is 1. The lowest BCUT2D eigenvalue weighted by Gasteiger charge is -2.02. The lowest BCUT2D eigenvalue weighted by atomic mass is 10.1. The van der Waals surface area contributed by atoms with Gasteiger partial charge in [-0.25, -0.2) is 4.98 Å². The maximum atomic E-state index is 12.6. The van der Waals surface area contributed by atoms with Crippen molar-refractivity contribution in [3.8, 4) is 0 Å². The first-order chi connectivity index (χ1) is 11.0. The number of anilines is 3. The van der Waals surface area contributed by atoms with E-state index in [1.165, 1.54) is 11.3 Å². The molecule has 0 saturated carbocycles. The number of nitrogens with zero attached hydrogens (tertiary/aromatic N) is 1. The fourth-order valence-electron chi connectivity index (χ4n) is 2.07. The number of thiazole rings is 1. The molecule has 3 aromatic rings. The number of hydrogen-bond donors (Lipinski definition) is 2. The molecule has 0 aliphatic heterocycles. The molecule has 116 valence electrons. The normalized spacial score (nSPS) is 10.5. The summed E-state index contributed by atoms with van der Waals surface area (Å²) in [7, 11) is 0. The fraction of sp³-hybridized carbons (Fsp3) is 0.0588. The monoisotopic (exact) mass is 387 g/mol. The summed E-state index contributed by atoms with van der Waals surface area (Å²) in [6, 6.07) is 15.1. The van der Waals surface area contributed by atoms with Gasteiger partial charge in [0.05, 0.1) is 0 Å². The summed E-state index contributed by atoms with van der Waals surface area (Å²) in [5.41, 5.74) is 8.52. The summed E-state index contributed by atoms with van der Waals surface area (Å²) < 4.78 is 0.961. The average Bonchev–Trinajstić information content (AvgIpc) is 2.88. The van der Waals surface area contributed by atoms with Crippen LogP contribution >= 0.6 is 27.3 Å². The number of nitrogen functional groups attached to an aromatic ring is 1. The van der Waals surface area contributed by atoms with Crippen LogP contribution in [0.1, 0.15) is 20.8 Å². The van der Waals surface area contributed by atoms with Crippen LogP contribution in [0.4, 0.5) is 16.6 Å². The summed E-state index contributed by atoms with van der Waals surface area (Å²) in [4.78, 5) is 17.3. The molecule has 0 atom stereocenters. The van der Waals surface area contributed by atoms with E-state index in [0.29, 0.717) is 15.6 Å². The van der Waals surface area contributed by atoms with Crippen LogP contribution in [0.25, 0.3) is 0 Å². The minimum Gasteiger partial charge on any atom is -0.382 e. The predicted molar refractivity (Wildman–Crippen MR) is 98.6 cm³/mol. The first-order valence-corrected chi connectivity index (χ1v) is 8.54. The van der Waals surface area contributed by atoms with Gasteiger partial charge >= 0.3 is 0 Å². The molecule has 3 N–H and O–H groups in total. The number of nitrogens with one attached hydrogen (secondary N) is 1. The Morgan fingerprint density at radius 3 is 2.65 bits per heavy atom. The zero-order chi connectivity index (χ0) is 16.4. The molecule has 3 rings (SSSR count). The number of benzene rings is 2. The maximum Gasteiger partial charge on any atom is 0.206 e. The molecule has 2 aromatic carbocycles. The molecule has 6 heteroatoms. The number of hydrogen-bond acceptors (Lipinski definition) is 5. The number of nitrogens with two attached hydrogens (primary N) is 1. The molecule has 1 aromatic heterocycles. The van der Waals surface area contributed by atoms with E-state index in [-0.39, 0.29) is 11.6 Å². The SMILES string of the molecule is Cc1ccc(C(=O)c2sc(Nc3cccc(Br)c3)nc2N)cc1. The van der Waals surface area contributed by atoms with Crippen LogP contribution in [-0.4, -0.2) is 10.8 Å². The lowest BCUT2D eigenvalue weighted by Crippen LogP contribution is -2.02. The smallest absolute Gasteiger partial charge is 0.206 e. The number of rotatable bonds is 4. The van der Waals surface area contributed by atoms with Gasteiger partial charge in [-0.15, -0.1) is 0 Å². The fourth-order valence-corrected chi connectivity index (χ4v) is 3.34. The maximum absolute atomic E-state index is 12.6. The second kappa shape index (κ2) is 6.52. The Morgan fingerprint density at radius 1 is 1.22 bits per heavy atom. The van der Waals surface area contributed by atoms with Gasteiger partial charge < -0.3 is 11.1 Å². The Hall–Kier alpha value is -2.18. The van der Waals surface area contributed by atoms with Crippen LogP contribution in [0.2, 0.25) is 0 Å². The van der Waals surface area contributed by atoms with Gasteiger partial charge in [0.1, 0.15) is 10.7 Å². The molecule has 0 amide bonds. The highest BCUT2D eigenvalue weighted by molar-refractivity contribution is 9.10. The Labute approximate surface area is 146 Å². The van der Waals surface area contributed by atoms with Crippen molar-refractivity contribution in [1.29, 1.82) is 0 Å². The van der Waals surface area contributed by atoms with Gasteiger partial charge in [-0.1, -0.05) is 63.2 Å². The van der Waals surface area contributed by atoms with Gasteiger partial charge in [-0.05, 0) is 25.1 Å². The molecule has 0 aliphatic carbocycles. The van der Waals surface area contributed by atoms with Gasteiger partial charge in [-0.2, -0.15) is 0 Å².